The molecule has 5 heteroatoms. The molecule has 24 heavy (non-hydrogen) atoms. The van der Waals surface area contributed by atoms with Crippen LogP contribution in [-0.2, 0) is 11.2 Å². The van der Waals surface area contributed by atoms with Crippen LogP contribution in [0.4, 0.5) is 5.13 Å². The Morgan fingerprint density at radius 3 is 2.58 bits per heavy atom. The van der Waals surface area contributed by atoms with Gasteiger partial charge >= 0.3 is 0 Å². The molecule has 0 radical (unpaired) electrons. The van der Waals surface area contributed by atoms with Crippen molar-refractivity contribution in [2.24, 2.45) is 0 Å². The fraction of sp³-hybridized carbons (Fsp3) is 0.579. The van der Waals surface area contributed by atoms with Crippen LogP contribution in [-0.4, -0.2) is 34.5 Å². The van der Waals surface area contributed by atoms with E-state index in [1.807, 2.05) is 6.07 Å². The molecule has 1 saturated heterocycles. The molecule has 1 aliphatic carbocycles. The van der Waals surface area contributed by atoms with Crippen molar-refractivity contribution in [3.8, 4) is 0 Å². The molecular weight excluding hydrogens is 318 g/mol. The highest BCUT2D eigenvalue weighted by Gasteiger charge is 2.46. The summed E-state index contributed by atoms with van der Waals surface area (Å²) in [4.78, 5) is 2.40. The van der Waals surface area contributed by atoms with Gasteiger partial charge in [0.2, 0.25) is 5.13 Å². The monoisotopic (exact) mass is 343 g/mol. The number of morpholine rings is 1. The van der Waals surface area contributed by atoms with E-state index in [9.17, 15) is 0 Å². The van der Waals surface area contributed by atoms with Gasteiger partial charge in [0.1, 0.15) is 5.01 Å². The van der Waals surface area contributed by atoms with E-state index < -0.39 is 0 Å². The smallest absolute Gasteiger partial charge is 0.208 e. The van der Waals surface area contributed by atoms with E-state index in [1.165, 1.54) is 31.2 Å². The van der Waals surface area contributed by atoms with Crippen LogP contribution in [0.3, 0.4) is 0 Å². The van der Waals surface area contributed by atoms with Gasteiger partial charge in [0.15, 0.2) is 0 Å². The molecule has 2 aromatic rings. The minimum Gasteiger partial charge on any atom is -0.365 e. The second-order valence-electron chi connectivity index (χ2n) is 7.75. The maximum Gasteiger partial charge on any atom is 0.208 e. The highest BCUT2D eigenvalue weighted by atomic mass is 32.1. The summed E-state index contributed by atoms with van der Waals surface area (Å²) in [7, 11) is 0. The molecule has 2 fully saturated rings. The van der Waals surface area contributed by atoms with Gasteiger partial charge in [0, 0.05) is 19.5 Å². The number of rotatable bonds is 3. The Kier molecular flexibility index (Phi) is 4.09. The summed E-state index contributed by atoms with van der Waals surface area (Å²) in [5, 5.41) is 11.1. The zero-order chi connectivity index (χ0) is 16.6. The lowest BCUT2D eigenvalue weighted by Gasteiger charge is -2.48. The Morgan fingerprint density at radius 1 is 1.08 bits per heavy atom. The van der Waals surface area contributed by atoms with Gasteiger partial charge in [-0.15, -0.1) is 10.2 Å². The quantitative estimate of drug-likeness (QED) is 0.842. The average Bonchev–Trinajstić information content (AvgIpc) is 3.17. The van der Waals surface area contributed by atoms with Crippen molar-refractivity contribution in [3.05, 3.63) is 40.9 Å². The standard InChI is InChI=1S/C19H25N3OS/c1-18(2)13-22(14-19(23-18)10-6-7-11-19)17-21-20-16(24-17)12-15-8-4-3-5-9-15/h3-5,8-9H,6-7,10-14H2,1-2H3. The summed E-state index contributed by atoms with van der Waals surface area (Å²) >= 11 is 1.73. The van der Waals surface area contributed by atoms with Gasteiger partial charge < -0.3 is 9.64 Å². The number of benzene rings is 1. The van der Waals surface area contributed by atoms with Crippen molar-refractivity contribution in [1.29, 1.82) is 0 Å². The second-order valence-corrected chi connectivity index (χ2v) is 8.79. The van der Waals surface area contributed by atoms with Gasteiger partial charge in [-0.25, -0.2) is 0 Å². The molecule has 0 unspecified atom stereocenters. The van der Waals surface area contributed by atoms with E-state index in [4.69, 9.17) is 4.74 Å². The minimum absolute atomic E-state index is 0.0208. The number of hydrogen-bond donors (Lipinski definition) is 0. The number of ether oxygens (including phenoxy) is 1. The minimum atomic E-state index is -0.131. The molecular formula is C19H25N3OS. The van der Waals surface area contributed by atoms with Crippen LogP contribution < -0.4 is 4.90 Å². The summed E-state index contributed by atoms with van der Waals surface area (Å²) in [6.45, 7) is 6.24. The third kappa shape index (κ3) is 3.33. The largest absolute Gasteiger partial charge is 0.365 e. The van der Waals surface area contributed by atoms with E-state index in [1.54, 1.807) is 11.3 Å². The molecule has 0 atom stereocenters. The third-order valence-corrected chi connectivity index (χ3v) is 5.97. The molecule has 1 aliphatic heterocycles. The van der Waals surface area contributed by atoms with Crippen molar-refractivity contribution >= 4 is 16.5 Å². The van der Waals surface area contributed by atoms with Gasteiger partial charge in [-0.3, -0.25) is 0 Å². The van der Waals surface area contributed by atoms with Crippen LogP contribution in [0.1, 0.15) is 50.1 Å². The Hall–Kier alpha value is -1.46. The summed E-state index contributed by atoms with van der Waals surface area (Å²) in [6, 6.07) is 10.5. The van der Waals surface area contributed by atoms with E-state index in [0.717, 1.165) is 29.6 Å². The SMILES string of the molecule is CC1(C)CN(c2nnc(Cc3ccccc3)s2)CC2(CCCC2)O1. The first-order chi connectivity index (χ1) is 11.5. The average molecular weight is 343 g/mol. The maximum absolute atomic E-state index is 6.49. The topological polar surface area (TPSA) is 38.2 Å². The van der Waals surface area contributed by atoms with Crippen molar-refractivity contribution in [3.63, 3.8) is 0 Å². The molecule has 1 aromatic carbocycles. The fourth-order valence-electron chi connectivity index (χ4n) is 4.14. The lowest BCUT2D eigenvalue weighted by atomic mass is 9.94. The van der Waals surface area contributed by atoms with Gasteiger partial charge in [-0.2, -0.15) is 0 Å². The summed E-state index contributed by atoms with van der Waals surface area (Å²) < 4.78 is 6.49. The van der Waals surface area contributed by atoms with Gasteiger partial charge in [-0.05, 0) is 32.3 Å². The van der Waals surface area contributed by atoms with E-state index in [0.29, 0.717) is 0 Å². The van der Waals surface area contributed by atoms with Crippen LogP contribution in [0.2, 0.25) is 0 Å². The molecule has 0 bridgehead atoms. The zero-order valence-electron chi connectivity index (χ0n) is 14.5. The lowest BCUT2D eigenvalue weighted by Crippen LogP contribution is -2.58. The predicted molar refractivity (Wildman–Crippen MR) is 97.7 cm³/mol. The normalized spacial score (nSPS) is 22.2. The van der Waals surface area contributed by atoms with Crippen molar-refractivity contribution in [2.75, 3.05) is 18.0 Å². The molecule has 4 rings (SSSR count). The Bertz CT molecular complexity index is 692. The molecule has 0 N–H and O–H groups in total. The molecule has 128 valence electrons. The molecule has 1 aromatic heterocycles. The zero-order valence-corrected chi connectivity index (χ0v) is 15.3. The van der Waals surface area contributed by atoms with Crippen LogP contribution >= 0.6 is 11.3 Å². The second kappa shape index (κ2) is 6.12. The first kappa shape index (κ1) is 16.0. The van der Waals surface area contributed by atoms with Crippen molar-refractivity contribution in [2.45, 2.75) is 57.2 Å². The highest BCUT2D eigenvalue weighted by molar-refractivity contribution is 7.15. The number of hydrogen-bond acceptors (Lipinski definition) is 5. The van der Waals surface area contributed by atoms with E-state index >= 15 is 0 Å². The van der Waals surface area contributed by atoms with Crippen LogP contribution in [0, 0.1) is 0 Å². The number of aromatic nitrogens is 2. The predicted octanol–water partition coefficient (Wildman–Crippen LogP) is 4.06. The Morgan fingerprint density at radius 2 is 1.83 bits per heavy atom. The van der Waals surface area contributed by atoms with Crippen LogP contribution in [0.25, 0.3) is 0 Å². The summed E-state index contributed by atoms with van der Waals surface area (Å²) in [6.07, 6.45) is 5.75. The molecule has 2 heterocycles. The molecule has 2 aliphatic rings. The summed E-state index contributed by atoms with van der Waals surface area (Å²) in [5.41, 5.74) is 1.18. The maximum atomic E-state index is 6.49. The van der Waals surface area contributed by atoms with Crippen LogP contribution in [0.15, 0.2) is 30.3 Å². The first-order valence-corrected chi connectivity index (χ1v) is 9.67. The lowest BCUT2D eigenvalue weighted by molar-refractivity contribution is -0.148. The Balaban J connectivity index is 1.53. The molecule has 1 saturated carbocycles. The Labute approximate surface area is 147 Å². The third-order valence-electron chi connectivity index (χ3n) is 4.98. The summed E-state index contributed by atoms with van der Waals surface area (Å²) in [5.74, 6) is 0. The van der Waals surface area contributed by atoms with Crippen molar-refractivity contribution in [1.82, 2.24) is 10.2 Å². The highest BCUT2D eigenvalue weighted by Crippen LogP contribution is 2.42. The van der Waals surface area contributed by atoms with Crippen LogP contribution in [0.5, 0.6) is 0 Å². The van der Waals surface area contributed by atoms with Gasteiger partial charge in [0.05, 0.1) is 11.2 Å². The van der Waals surface area contributed by atoms with E-state index in [-0.39, 0.29) is 11.2 Å². The van der Waals surface area contributed by atoms with Gasteiger partial charge in [-0.1, -0.05) is 54.5 Å². The van der Waals surface area contributed by atoms with Gasteiger partial charge in [0.25, 0.3) is 0 Å². The first-order valence-electron chi connectivity index (χ1n) is 8.85. The number of nitrogens with zero attached hydrogens (tertiary/aromatic N) is 3. The molecule has 0 amide bonds. The fourth-order valence-corrected chi connectivity index (χ4v) is 5.01. The molecule has 4 nitrogen and oxygen atoms in total. The molecule has 1 spiro atoms. The van der Waals surface area contributed by atoms with Crippen molar-refractivity contribution < 1.29 is 4.74 Å². The van der Waals surface area contributed by atoms with E-state index in [2.05, 4.69) is 53.2 Å². The number of anilines is 1.